The molecule has 2 aromatic heterocycles. The second kappa shape index (κ2) is 5.22. The van der Waals surface area contributed by atoms with Gasteiger partial charge in [-0.1, -0.05) is 5.16 Å². The average molecular weight is 288 g/mol. The highest BCUT2D eigenvalue weighted by atomic mass is 16.5. The number of hydrogen-bond donors (Lipinski definition) is 0. The average Bonchev–Trinajstić information content (AvgIpc) is 2.96. The van der Waals surface area contributed by atoms with Crippen molar-refractivity contribution in [3.05, 3.63) is 24.4 Å². The van der Waals surface area contributed by atoms with Crippen molar-refractivity contribution >= 4 is 0 Å². The van der Waals surface area contributed by atoms with Crippen molar-refractivity contribution in [1.82, 2.24) is 29.8 Å². The van der Waals surface area contributed by atoms with Crippen LogP contribution in [0.3, 0.4) is 0 Å². The topological polar surface area (TPSA) is 72.9 Å². The maximum absolute atomic E-state index is 5.49. The van der Waals surface area contributed by atoms with Gasteiger partial charge in [-0.2, -0.15) is 10.1 Å². The number of aromatic nitrogens is 5. The third-order valence-electron chi connectivity index (χ3n) is 4.54. The van der Waals surface area contributed by atoms with Crippen LogP contribution in [0.2, 0.25) is 0 Å². The fraction of sp³-hybridized carbons (Fsp3) is 0.714. The third kappa shape index (κ3) is 2.57. The Hall–Kier alpha value is -1.76. The van der Waals surface area contributed by atoms with E-state index in [0.29, 0.717) is 12.0 Å². The molecule has 2 fully saturated rings. The third-order valence-corrected chi connectivity index (χ3v) is 4.54. The van der Waals surface area contributed by atoms with Crippen LogP contribution in [0.1, 0.15) is 56.3 Å². The standard InChI is InChI=1S/C14H20N6O/c1-10(14-17-13(18-21-14)11-4-5-11)20-6-2-3-12(20)7-19-9-15-8-16-19/h8-12H,2-7H2,1H3/t10-,12+/m0/s1. The van der Waals surface area contributed by atoms with Gasteiger partial charge in [0.05, 0.1) is 12.6 Å². The van der Waals surface area contributed by atoms with E-state index in [1.54, 1.807) is 12.7 Å². The Labute approximate surface area is 123 Å². The molecule has 2 atom stereocenters. The van der Waals surface area contributed by atoms with Crippen molar-refractivity contribution < 1.29 is 4.52 Å². The summed E-state index contributed by atoms with van der Waals surface area (Å²) in [5.74, 6) is 2.19. The molecule has 2 aliphatic rings. The van der Waals surface area contributed by atoms with Crippen LogP contribution < -0.4 is 0 Å². The summed E-state index contributed by atoms with van der Waals surface area (Å²) in [7, 11) is 0. The van der Waals surface area contributed by atoms with E-state index >= 15 is 0 Å². The molecule has 0 aromatic carbocycles. The Balaban J connectivity index is 1.47. The van der Waals surface area contributed by atoms with Crippen LogP contribution in [0.4, 0.5) is 0 Å². The highest BCUT2D eigenvalue weighted by Gasteiger charge is 2.34. The SMILES string of the molecule is C[C@@H](c1nc(C2CC2)no1)N1CCC[C@@H]1Cn1cncn1. The molecule has 7 heteroatoms. The summed E-state index contributed by atoms with van der Waals surface area (Å²) in [6.07, 6.45) is 8.14. The maximum atomic E-state index is 5.49. The molecular weight excluding hydrogens is 268 g/mol. The zero-order chi connectivity index (χ0) is 14.2. The minimum atomic E-state index is 0.168. The summed E-state index contributed by atoms with van der Waals surface area (Å²) in [4.78, 5) is 11.1. The minimum absolute atomic E-state index is 0.168. The fourth-order valence-electron chi connectivity index (χ4n) is 3.17. The van der Waals surface area contributed by atoms with Crippen molar-refractivity contribution in [2.45, 2.75) is 57.2 Å². The first kappa shape index (κ1) is 12.9. The van der Waals surface area contributed by atoms with Crippen LogP contribution >= 0.6 is 0 Å². The van der Waals surface area contributed by atoms with Crippen LogP contribution in [-0.2, 0) is 6.54 Å². The molecule has 21 heavy (non-hydrogen) atoms. The van der Waals surface area contributed by atoms with Gasteiger partial charge in [0.25, 0.3) is 0 Å². The summed E-state index contributed by atoms with van der Waals surface area (Å²) < 4.78 is 7.39. The Morgan fingerprint density at radius 2 is 2.29 bits per heavy atom. The number of hydrogen-bond acceptors (Lipinski definition) is 6. The lowest BCUT2D eigenvalue weighted by Crippen LogP contribution is -2.35. The number of likely N-dealkylation sites (tertiary alicyclic amines) is 1. The molecule has 1 saturated heterocycles. The maximum Gasteiger partial charge on any atom is 0.243 e. The smallest absolute Gasteiger partial charge is 0.243 e. The van der Waals surface area contributed by atoms with Crippen molar-refractivity contribution in [3.8, 4) is 0 Å². The monoisotopic (exact) mass is 288 g/mol. The van der Waals surface area contributed by atoms with E-state index < -0.39 is 0 Å². The highest BCUT2D eigenvalue weighted by Crippen LogP contribution is 2.39. The van der Waals surface area contributed by atoms with E-state index in [0.717, 1.165) is 24.8 Å². The van der Waals surface area contributed by atoms with E-state index in [-0.39, 0.29) is 6.04 Å². The molecule has 0 bridgehead atoms. The Morgan fingerprint density at radius 3 is 3.05 bits per heavy atom. The zero-order valence-electron chi connectivity index (χ0n) is 12.2. The molecule has 1 aliphatic carbocycles. The predicted octanol–water partition coefficient (Wildman–Crippen LogP) is 1.76. The predicted molar refractivity (Wildman–Crippen MR) is 74.4 cm³/mol. The van der Waals surface area contributed by atoms with E-state index in [1.165, 1.54) is 25.7 Å². The minimum Gasteiger partial charge on any atom is -0.338 e. The van der Waals surface area contributed by atoms with Crippen molar-refractivity contribution in [3.63, 3.8) is 0 Å². The Kier molecular flexibility index (Phi) is 3.21. The molecule has 0 spiro atoms. The van der Waals surface area contributed by atoms with Gasteiger partial charge in [-0.25, -0.2) is 4.98 Å². The molecule has 0 amide bonds. The Morgan fingerprint density at radius 1 is 1.38 bits per heavy atom. The molecule has 1 saturated carbocycles. The fourth-order valence-corrected chi connectivity index (χ4v) is 3.17. The van der Waals surface area contributed by atoms with Gasteiger partial charge in [-0.05, 0) is 39.2 Å². The lowest BCUT2D eigenvalue weighted by Gasteiger charge is -2.28. The van der Waals surface area contributed by atoms with E-state index in [9.17, 15) is 0 Å². The van der Waals surface area contributed by atoms with E-state index in [4.69, 9.17) is 4.52 Å². The van der Waals surface area contributed by atoms with Crippen molar-refractivity contribution in [2.24, 2.45) is 0 Å². The van der Waals surface area contributed by atoms with Crippen LogP contribution in [0.15, 0.2) is 17.2 Å². The lowest BCUT2D eigenvalue weighted by molar-refractivity contribution is 0.144. The molecule has 3 heterocycles. The molecule has 0 N–H and O–H groups in total. The largest absolute Gasteiger partial charge is 0.338 e. The summed E-state index contributed by atoms with van der Waals surface area (Å²) >= 11 is 0. The molecule has 0 radical (unpaired) electrons. The summed E-state index contributed by atoms with van der Waals surface area (Å²) in [5, 5.41) is 8.34. The summed E-state index contributed by atoms with van der Waals surface area (Å²) in [6.45, 7) is 4.10. The zero-order valence-corrected chi connectivity index (χ0v) is 12.2. The van der Waals surface area contributed by atoms with Crippen molar-refractivity contribution in [2.75, 3.05) is 6.54 Å². The first-order valence-electron chi connectivity index (χ1n) is 7.73. The van der Waals surface area contributed by atoms with Gasteiger partial charge in [0.2, 0.25) is 5.89 Å². The summed E-state index contributed by atoms with van der Waals surface area (Å²) in [5.41, 5.74) is 0. The molecule has 1 aliphatic heterocycles. The first-order valence-corrected chi connectivity index (χ1v) is 7.73. The van der Waals surface area contributed by atoms with Gasteiger partial charge in [-0.15, -0.1) is 0 Å². The van der Waals surface area contributed by atoms with Gasteiger partial charge in [-0.3, -0.25) is 9.58 Å². The molecular formula is C14H20N6O. The first-order chi connectivity index (χ1) is 10.3. The van der Waals surface area contributed by atoms with Crippen LogP contribution in [-0.4, -0.2) is 42.4 Å². The summed E-state index contributed by atoms with van der Waals surface area (Å²) in [6, 6.07) is 0.624. The molecule has 4 rings (SSSR count). The van der Waals surface area contributed by atoms with E-state index in [1.807, 2.05) is 4.68 Å². The number of rotatable bonds is 5. The molecule has 2 aromatic rings. The highest BCUT2D eigenvalue weighted by molar-refractivity contribution is 5.05. The van der Waals surface area contributed by atoms with Gasteiger partial charge >= 0.3 is 0 Å². The van der Waals surface area contributed by atoms with Gasteiger partial charge in [0.15, 0.2) is 5.82 Å². The second-order valence-electron chi connectivity index (χ2n) is 6.09. The van der Waals surface area contributed by atoms with E-state index in [2.05, 4.69) is 32.0 Å². The molecule has 112 valence electrons. The lowest BCUT2D eigenvalue weighted by atomic mass is 10.2. The van der Waals surface area contributed by atoms with Gasteiger partial charge < -0.3 is 4.52 Å². The van der Waals surface area contributed by atoms with Gasteiger partial charge in [0, 0.05) is 12.0 Å². The van der Waals surface area contributed by atoms with Crippen molar-refractivity contribution in [1.29, 1.82) is 0 Å². The Bertz CT molecular complexity index is 590. The van der Waals surface area contributed by atoms with Crippen LogP contribution in [0, 0.1) is 0 Å². The molecule has 7 nitrogen and oxygen atoms in total. The van der Waals surface area contributed by atoms with Gasteiger partial charge in [0.1, 0.15) is 12.7 Å². The number of nitrogens with zero attached hydrogens (tertiary/aromatic N) is 6. The van der Waals surface area contributed by atoms with Crippen LogP contribution in [0.25, 0.3) is 0 Å². The second-order valence-corrected chi connectivity index (χ2v) is 6.09. The molecule has 0 unspecified atom stereocenters. The van der Waals surface area contributed by atoms with Crippen LogP contribution in [0.5, 0.6) is 0 Å². The normalized spacial score (nSPS) is 24.5. The quantitative estimate of drug-likeness (QED) is 0.834.